The molecule has 7 heteroatoms. The molecule has 1 heterocycles. The number of rotatable bonds is 4. The van der Waals surface area contributed by atoms with E-state index in [0.29, 0.717) is 18.1 Å². The number of pyridine rings is 1. The Morgan fingerprint density at radius 3 is 2.57 bits per heavy atom. The van der Waals surface area contributed by atoms with E-state index < -0.39 is 0 Å². The van der Waals surface area contributed by atoms with Crippen LogP contribution in [0, 0.1) is 5.82 Å². The van der Waals surface area contributed by atoms with Gasteiger partial charge in [0.25, 0.3) is 5.91 Å². The summed E-state index contributed by atoms with van der Waals surface area (Å²) in [5.41, 5.74) is 3.01. The molecule has 0 unspecified atom stereocenters. The highest BCUT2D eigenvalue weighted by molar-refractivity contribution is 6.34. The number of aromatic nitrogens is 1. The Morgan fingerprint density at radius 1 is 1.33 bits per heavy atom. The number of benzene rings is 1. The lowest BCUT2D eigenvalue weighted by Gasteiger charge is -2.21. The third kappa shape index (κ3) is 3.29. The highest BCUT2D eigenvalue weighted by Crippen LogP contribution is 2.22. The van der Waals surface area contributed by atoms with Gasteiger partial charge in [-0.05, 0) is 43.3 Å². The summed E-state index contributed by atoms with van der Waals surface area (Å²) in [7, 11) is 0. The Kier molecular flexibility index (Phi) is 4.72. The van der Waals surface area contributed by atoms with E-state index in [1.165, 1.54) is 35.2 Å². The van der Waals surface area contributed by atoms with Gasteiger partial charge in [0.05, 0.1) is 5.02 Å². The molecule has 0 aliphatic rings. The van der Waals surface area contributed by atoms with Crippen molar-refractivity contribution in [2.24, 2.45) is 5.84 Å². The first-order valence-corrected chi connectivity index (χ1v) is 6.65. The summed E-state index contributed by atoms with van der Waals surface area (Å²) in [6.07, 6.45) is 0. The molecule has 1 aromatic heterocycles. The Morgan fingerprint density at radius 2 is 2.00 bits per heavy atom. The van der Waals surface area contributed by atoms with Gasteiger partial charge in [0.1, 0.15) is 17.3 Å². The zero-order chi connectivity index (χ0) is 15.4. The summed E-state index contributed by atoms with van der Waals surface area (Å²) in [6.45, 7) is 2.20. The maximum Gasteiger partial charge on any atom is 0.278 e. The van der Waals surface area contributed by atoms with E-state index in [0.717, 1.165) is 0 Å². The minimum absolute atomic E-state index is 0.0818. The minimum atomic E-state index is -0.383. The fourth-order valence-corrected chi connectivity index (χ4v) is 2.05. The molecule has 0 bridgehead atoms. The molecule has 3 N–H and O–H groups in total. The molecular weight excluding hydrogens is 295 g/mol. The second-order valence-electron chi connectivity index (χ2n) is 4.20. The predicted octanol–water partition coefficient (Wildman–Crippen LogP) is 2.83. The number of amides is 1. The van der Waals surface area contributed by atoms with Crippen molar-refractivity contribution in [1.29, 1.82) is 0 Å². The van der Waals surface area contributed by atoms with Crippen LogP contribution in [0.15, 0.2) is 36.4 Å². The zero-order valence-corrected chi connectivity index (χ0v) is 12.1. The third-order valence-corrected chi connectivity index (χ3v) is 3.20. The maximum atomic E-state index is 13.0. The van der Waals surface area contributed by atoms with Crippen LogP contribution in [0.5, 0.6) is 0 Å². The van der Waals surface area contributed by atoms with Crippen molar-refractivity contribution in [1.82, 2.24) is 4.98 Å². The number of nitrogens with zero attached hydrogens (tertiary/aromatic N) is 2. The number of anilines is 2. The molecule has 0 atom stereocenters. The van der Waals surface area contributed by atoms with Crippen molar-refractivity contribution >= 4 is 29.0 Å². The highest BCUT2D eigenvalue weighted by atomic mass is 35.5. The van der Waals surface area contributed by atoms with Gasteiger partial charge in [-0.15, -0.1) is 0 Å². The van der Waals surface area contributed by atoms with Gasteiger partial charge in [-0.2, -0.15) is 0 Å². The molecule has 0 radical (unpaired) electrons. The predicted molar refractivity (Wildman–Crippen MR) is 80.8 cm³/mol. The number of hydrogen-bond donors (Lipinski definition) is 2. The van der Waals surface area contributed by atoms with Crippen LogP contribution in [-0.4, -0.2) is 17.4 Å². The topological polar surface area (TPSA) is 71.2 Å². The fraction of sp³-hybridized carbons (Fsp3) is 0.143. The molecule has 2 rings (SSSR count). The molecular formula is C14H14ClFN4O. The monoisotopic (exact) mass is 308 g/mol. The molecule has 0 saturated heterocycles. The summed E-state index contributed by atoms with van der Waals surface area (Å²) >= 11 is 6.02. The molecule has 0 aliphatic carbocycles. The van der Waals surface area contributed by atoms with E-state index in [2.05, 4.69) is 10.4 Å². The maximum absolute atomic E-state index is 13.0. The van der Waals surface area contributed by atoms with Gasteiger partial charge < -0.3 is 10.3 Å². The molecule has 1 aromatic carbocycles. The second-order valence-corrected chi connectivity index (χ2v) is 4.60. The van der Waals surface area contributed by atoms with Crippen molar-refractivity contribution in [2.45, 2.75) is 6.92 Å². The Bertz CT molecular complexity index is 648. The zero-order valence-electron chi connectivity index (χ0n) is 11.3. The molecule has 5 nitrogen and oxygen atoms in total. The van der Waals surface area contributed by atoms with Gasteiger partial charge in [0, 0.05) is 12.2 Å². The van der Waals surface area contributed by atoms with Gasteiger partial charge in [0.2, 0.25) is 0 Å². The number of hydrazine groups is 1. The van der Waals surface area contributed by atoms with E-state index in [-0.39, 0.29) is 22.4 Å². The standard InChI is InChI=1S/C14H14ClFN4O/c1-2-20(10-5-3-9(16)4-6-10)14(21)13-11(15)7-8-12(18-13)19-17/h3-8H,2,17H2,1H3,(H,18,19). The second kappa shape index (κ2) is 6.51. The summed E-state index contributed by atoms with van der Waals surface area (Å²) in [5.74, 6) is 4.86. The van der Waals surface area contributed by atoms with Gasteiger partial charge >= 0.3 is 0 Å². The number of nitrogens with two attached hydrogens (primary N) is 1. The molecule has 1 amide bonds. The van der Waals surface area contributed by atoms with Crippen LogP contribution in [-0.2, 0) is 0 Å². The van der Waals surface area contributed by atoms with Crippen molar-refractivity contribution in [3.05, 3.63) is 52.9 Å². The van der Waals surface area contributed by atoms with Gasteiger partial charge in [-0.25, -0.2) is 15.2 Å². The lowest BCUT2D eigenvalue weighted by molar-refractivity contribution is 0.0984. The van der Waals surface area contributed by atoms with Crippen LogP contribution in [0.3, 0.4) is 0 Å². The number of nitrogens with one attached hydrogen (secondary N) is 1. The summed E-state index contributed by atoms with van der Waals surface area (Å²) in [4.78, 5) is 18.1. The van der Waals surface area contributed by atoms with E-state index in [4.69, 9.17) is 17.4 Å². The summed E-state index contributed by atoms with van der Waals surface area (Å²) in [6, 6.07) is 8.73. The van der Waals surface area contributed by atoms with Crippen LogP contribution >= 0.6 is 11.6 Å². The third-order valence-electron chi connectivity index (χ3n) is 2.90. The Balaban J connectivity index is 2.38. The lowest BCUT2D eigenvalue weighted by Crippen LogP contribution is -2.31. The molecule has 110 valence electrons. The van der Waals surface area contributed by atoms with Crippen LogP contribution in [0.2, 0.25) is 5.02 Å². The largest absolute Gasteiger partial charge is 0.308 e. The van der Waals surface area contributed by atoms with Crippen molar-refractivity contribution in [3.63, 3.8) is 0 Å². The minimum Gasteiger partial charge on any atom is -0.308 e. The smallest absolute Gasteiger partial charge is 0.278 e. The van der Waals surface area contributed by atoms with Gasteiger partial charge in [-0.1, -0.05) is 11.6 Å². The molecule has 0 saturated carbocycles. The van der Waals surface area contributed by atoms with Crippen LogP contribution in [0.4, 0.5) is 15.9 Å². The van der Waals surface area contributed by atoms with Crippen molar-refractivity contribution in [2.75, 3.05) is 16.9 Å². The number of carbonyl (C=O) groups excluding carboxylic acids is 1. The Labute approximate surface area is 126 Å². The first-order chi connectivity index (χ1) is 10.1. The van der Waals surface area contributed by atoms with E-state index in [1.54, 1.807) is 13.0 Å². The molecule has 21 heavy (non-hydrogen) atoms. The average Bonchev–Trinajstić information content (AvgIpc) is 2.50. The fourth-order valence-electron chi connectivity index (χ4n) is 1.86. The van der Waals surface area contributed by atoms with Crippen molar-refractivity contribution in [3.8, 4) is 0 Å². The van der Waals surface area contributed by atoms with E-state index in [1.807, 2.05) is 0 Å². The molecule has 2 aromatic rings. The molecule has 0 spiro atoms. The molecule has 0 fully saturated rings. The SMILES string of the molecule is CCN(C(=O)c1nc(NN)ccc1Cl)c1ccc(F)cc1. The highest BCUT2D eigenvalue weighted by Gasteiger charge is 2.20. The van der Waals surface area contributed by atoms with Gasteiger partial charge in [-0.3, -0.25) is 4.79 Å². The summed E-state index contributed by atoms with van der Waals surface area (Å²) < 4.78 is 13.0. The average molecular weight is 309 g/mol. The first-order valence-electron chi connectivity index (χ1n) is 6.27. The number of nitrogen functional groups attached to an aromatic ring is 1. The lowest BCUT2D eigenvalue weighted by atomic mass is 10.2. The van der Waals surface area contributed by atoms with Crippen molar-refractivity contribution < 1.29 is 9.18 Å². The number of hydrogen-bond acceptors (Lipinski definition) is 4. The van der Waals surface area contributed by atoms with E-state index in [9.17, 15) is 9.18 Å². The molecule has 0 aliphatic heterocycles. The van der Waals surface area contributed by atoms with Gasteiger partial charge in [0.15, 0.2) is 0 Å². The quantitative estimate of drug-likeness (QED) is 0.673. The van der Waals surface area contributed by atoms with Crippen LogP contribution < -0.4 is 16.2 Å². The van der Waals surface area contributed by atoms with Crippen LogP contribution in [0.25, 0.3) is 0 Å². The van der Waals surface area contributed by atoms with Crippen LogP contribution in [0.1, 0.15) is 17.4 Å². The van der Waals surface area contributed by atoms with E-state index >= 15 is 0 Å². The Hall–Kier alpha value is -2.18. The summed E-state index contributed by atoms with van der Waals surface area (Å²) in [5, 5.41) is 0.222. The first kappa shape index (κ1) is 15.2. The normalized spacial score (nSPS) is 10.3. The number of carbonyl (C=O) groups is 1. The number of halogens is 2.